The third kappa shape index (κ3) is 2.29. The Morgan fingerprint density at radius 1 is 1.21 bits per heavy atom. The van der Waals surface area contributed by atoms with E-state index >= 15 is 0 Å². The molecule has 1 aliphatic rings. The molecule has 2 heterocycles. The van der Waals surface area contributed by atoms with Gasteiger partial charge in [0, 0.05) is 18.7 Å². The van der Waals surface area contributed by atoms with E-state index in [0.29, 0.717) is 11.8 Å². The van der Waals surface area contributed by atoms with Gasteiger partial charge in [0.2, 0.25) is 0 Å². The van der Waals surface area contributed by atoms with Gasteiger partial charge < -0.3 is 14.5 Å². The molecule has 0 saturated carbocycles. The van der Waals surface area contributed by atoms with E-state index in [1.54, 1.807) is 12.1 Å². The van der Waals surface area contributed by atoms with Gasteiger partial charge in [0.25, 0.3) is 11.8 Å². The third-order valence-electron chi connectivity index (χ3n) is 3.18. The van der Waals surface area contributed by atoms with Gasteiger partial charge in [-0.1, -0.05) is 0 Å². The van der Waals surface area contributed by atoms with Crippen LogP contribution in [0, 0.1) is 0 Å². The summed E-state index contributed by atoms with van der Waals surface area (Å²) in [6, 6.07) is 6.39. The maximum absolute atomic E-state index is 10.8. The van der Waals surface area contributed by atoms with Crippen LogP contribution in [0.25, 0.3) is 11.5 Å². The lowest BCUT2D eigenvalue weighted by molar-refractivity contribution is 0.0697. The van der Waals surface area contributed by atoms with E-state index < -0.39 is 5.97 Å². The molecule has 0 atom stereocenters. The molecule has 0 unspecified atom stereocenters. The van der Waals surface area contributed by atoms with Crippen molar-refractivity contribution in [1.29, 1.82) is 0 Å². The molecule has 0 bridgehead atoms. The lowest BCUT2D eigenvalue weighted by Gasteiger charge is -2.09. The molecule has 19 heavy (non-hydrogen) atoms. The van der Waals surface area contributed by atoms with Crippen molar-refractivity contribution in [2.45, 2.75) is 12.8 Å². The van der Waals surface area contributed by atoms with Gasteiger partial charge in [0.05, 0.1) is 5.56 Å². The molecule has 1 aromatic heterocycles. The normalized spacial score (nSPS) is 14.8. The minimum Gasteiger partial charge on any atom is -0.478 e. The third-order valence-corrected chi connectivity index (χ3v) is 3.18. The number of anilines is 1. The van der Waals surface area contributed by atoms with Crippen LogP contribution < -0.4 is 4.90 Å². The standard InChI is InChI=1S/C13H13N3O3/c17-12(18)10-5-3-9(4-6-10)11-14-13(15-19-11)16-7-1-2-8-16/h3-6H,1-2,7-8H2,(H,17,18). The fraction of sp³-hybridized carbons (Fsp3) is 0.308. The lowest BCUT2D eigenvalue weighted by atomic mass is 10.1. The van der Waals surface area contributed by atoms with Gasteiger partial charge in [-0.25, -0.2) is 4.79 Å². The van der Waals surface area contributed by atoms with Crippen molar-refractivity contribution in [2.75, 3.05) is 18.0 Å². The van der Waals surface area contributed by atoms with Crippen molar-refractivity contribution in [1.82, 2.24) is 10.1 Å². The number of carboxylic acids is 1. The predicted octanol–water partition coefficient (Wildman–Crippen LogP) is 2.04. The number of aromatic carboxylic acids is 1. The highest BCUT2D eigenvalue weighted by molar-refractivity contribution is 5.88. The molecule has 3 rings (SSSR count). The summed E-state index contributed by atoms with van der Waals surface area (Å²) >= 11 is 0. The Kier molecular flexibility index (Phi) is 2.91. The first-order valence-electron chi connectivity index (χ1n) is 6.16. The second kappa shape index (κ2) is 4.72. The van der Waals surface area contributed by atoms with E-state index in [9.17, 15) is 4.79 Å². The van der Waals surface area contributed by atoms with Crippen LogP contribution in [0.5, 0.6) is 0 Å². The van der Waals surface area contributed by atoms with Crippen LogP contribution in [-0.2, 0) is 0 Å². The molecule has 0 amide bonds. The van der Waals surface area contributed by atoms with E-state index in [2.05, 4.69) is 15.0 Å². The molecule has 1 N–H and O–H groups in total. The Balaban J connectivity index is 1.83. The summed E-state index contributed by atoms with van der Waals surface area (Å²) in [4.78, 5) is 17.2. The number of aromatic nitrogens is 2. The van der Waals surface area contributed by atoms with Crippen molar-refractivity contribution < 1.29 is 14.4 Å². The SMILES string of the molecule is O=C(O)c1ccc(-c2nc(N3CCCC3)no2)cc1. The van der Waals surface area contributed by atoms with Gasteiger partial charge in [-0.3, -0.25) is 0 Å². The summed E-state index contributed by atoms with van der Waals surface area (Å²) in [5.74, 6) is 0.0727. The topological polar surface area (TPSA) is 79.5 Å². The number of hydrogen-bond donors (Lipinski definition) is 1. The van der Waals surface area contributed by atoms with Gasteiger partial charge >= 0.3 is 5.97 Å². The molecule has 0 radical (unpaired) electrons. The summed E-state index contributed by atoms with van der Waals surface area (Å²) < 4.78 is 5.21. The zero-order valence-electron chi connectivity index (χ0n) is 10.2. The number of hydrogen-bond acceptors (Lipinski definition) is 5. The minimum absolute atomic E-state index is 0.239. The van der Waals surface area contributed by atoms with Gasteiger partial charge in [0.15, 0.2) is 0 Å². The van der Waals surface area contributed by atoms with E-state index in [4.69, 9.17) is 9.63 Å². The van der Waals surface area contributed by atoms with Crippen LogP contribution in [-0.4, -0.2) is 34.3 Å². The zero-order valence-corrected chi connectivity index (χ0v) is 10.2. The van der Waals surface area contributed by atoms with Crippen molar-refractivity contribution in [3.05, 3.63) is 29.8 Å². The molecule has 1 saturated heterocycles. The first-order chi connectivity index (χ1) is 9.24. The number of nitrogens with zero attached hydrogens (tertiary/aromatic N) is 3. The molecule has 6 heteroatoms. The quantitative estimate of drug-likeness (QED) is 0.908. The molecular weight excluding hydrogens is 246 g/mol. The smallest absolute Gasteiger partial charge is 0.335 e. The number of carbonyl (C=O) groups is 1. The van der Waals surface area contributed by atoms with Gasteiger partial charge in [-0.2, -0.15) is 4.98 Å². The van der Waals surface area contributed by atoms with Crippen molar-refractivity contribution in [3.8, 4) is 11.5 Å². The average molecular weight is 259 g/mol. The first kappa shape index (κ1) is 11.7. The Hall–Kier alpha value is -2.37. The molecule has 1 aliphatic heterocycles. The second-order valence-electron chi connectivity index (χ2n) is 4.48. The number of benzene rings is 1. The average Bonchev–Trinajstić information content (AvgIpc) is 3.10. The summed E-state index contributed by atoms with van der Waals surface area (Å²) in [5, 5.41) is 12.8. The van der Waals surface area contributed by atoms with Crippen molar-refractivity contribution in [2.24, 2.45) is 0 Å². The van der Waals surface area contributed by atoms with E-state index in [1.807, 2.05) is 0 Å². The largest absolute Gasteiger partial charge is 0.478 e. The van der Waals surface area contributed by atoms with Crippen LogP contribution in [0.1, 0.15) is 23.2 Å². The number of carboxylic acid groups (broad SMARTS) is 1. The predicted molar refractivity (Wildman–Crippen MR) is 68.1 cm³/mol. The summed E-state index contributed by atoms with van der Waals surface area (Å²) in [6.45, 7) is 1.91. The van der Waals surface area contributed by atoms with Crippen LogP contribution in [0.15, 0.2) is 28.8 Å². The molecule has 1 aromatic carbocycles. The van der Waals surface area contributed by atoms with E-state index in [0.717, 1.165) is 31.5 Å². The Bertz CT molecular complexity index is 585. The second-order valence-corrected chi connectivity index (χ2v) is 4.48. The van der Waals surface area contributed by atoms with Crippen LogP contribution in [0.2, 0.25) is 0 Å². The lowest BCUT2D eigenvalue weighted by Crippen LogP contribution is -2.18. The molecule has 2 aromatic rings. The van der Waals surface area contributed by atoms with E-state index in [-0.39, 0.29) is 5.56 Å². The monoisotopic (exact) mass is 259 g/mol. The summed E-state index contributed by atoms with van der Waals surface area (Å²) in [5.41, 5.74) is 0.964. The van der Waals surface area contributed by atoms with Crippen molar-refractivity contribution >= 4 is 11.9 Å². The molecular formula is C13H13N3O3. The molecule has 1 fully saturated rings. The number of rotatable bonds is 3. The maximum Gasteiger partial charge on any atom is 0.335 e. The maximum atomic E-state index is 10.8. The highest BCUT2D eigenvalue weighted by Crippen LogP contribution is 2.22. The minimum atomic E-state index is -0.949. The first-order valence-corrected chi connectivity index (χ1v) is 6.16. The molecule has 98 valence electrons. The van der Waals surface area contributed by atoms with Crippen LogP contribution in [0.3, 0.4) is 0 Å². The molecule has 6 nitrogen and oxygen atoms in total. The molecule has 0 spiro atoms. The zero-order chi connectivity index (χ0) is 13.2. The summed E-state index contributed by atoms with van der Waals surface area (Å²) in [7, 11) is 0. The van der Waals surface area contributed by atoms with Gasteiger partial charge in [-0.15, -0.1) is 0 Å². The fourth-order valence-electron chi connectivity index (χ4n) is 2.13. The van der Waals surface area contributed by atoms with Crippen LogP contribution >= 0.6 is 0 Å². The highest BCUT2D eigenvalue weighted by atomic mass is 16.5. The van der Waals surface area contributed by atoms with E-state index in [1.165, 1.54) is 12.1 Å². The fourth-order valence-corrected chi connectivity index (χ4v) is 2.13. The highest BCUT2D eigenvalue weighted by Gasteiger charge is 2.18. The van der Waals surface area contributed by atoms with Gasteiger partial charge in [0.1, 0.15) is 0 Å². The van der Waals surface area contributed by atoms with Crippen molar-refractivity contribution in [3.63, 3.8) is 0 Å². The Labute approximate surface area is 109 Å². The Morgan fingerprint density at radius 3 is 2.53 bits per heavy atom. The Morgan fingerprint density at radius 2 is 1.89 bits per heavy atom. The van der Waals surface area contributed by atoms with Crippen LogP contribution in [0.4, 0.5) is 5.95 Å². The van der Waals surface area contributed by atoms with Gasteiger partial charge in [-0.05, 0) is 42.3 Å². The molecule has 0 aliphatic carbocycles. The summed E-state index contributed by atoms with van der Waals surface area (Å²) in [6.07, 6.45) is 2.30.